The number of carbonyl (C=O) groups is 2. The average Bonchev–Trinajstić information content (AvgIpc) is 2.97. The van der Waals surface area contributed by atoms with Crippen molar-refractivity contribution in [3.8, 4) is 5.75 Å². The minimum Gasteiger partial charge on any atom is -0.497 e. The van der Waals surface area contributed by atoms with Crippen LogP contribution in [-0.4, -0.2) is 29.4 Å². The molecule has 1 N–H and O–H groups in total. The van der Waals surface area contributed by atoms with Crippen LogP contribution in [0.5, 0.6) is 5.75 Å². The number of ether oxygens (including phenoxy) is 1. The molecule has 2 aromatic carbocycles. The zero-order chi connectivity index (χ0) is 18.6. The van der Waals surface area contributed by atoms with E-state index in [0.717, 1.165) is 16.9 Å². The Labute approximate surface area is 154 Å². The number of hydrogen-bond donors (Lipinski definition) is 1. The van der Waals surface area contributed by atoms with E-state index < -0.39 is 5.54 Å². The quantitative estimate of drug-likeness (QED) is 0.870. The molecule has 5 nitrogen and oxygen atoms in total. The predicted octanol–water partition coefficient (Wildman–Crippen LogP) is 2.89. The second-order valence-corrected chi connectivity index (χ2v) is 6.77. The summed E-state index contributed by atoms with van der Waals surface area (Å²) in [5.41, 5.74) is 1.19. The van der Waals surface area contributed by atoms with Gasteiger partial charge in [0.25, 0.3) is 0 Å². The molecule has 1 atom stereocenters. The van der Waals surface area contributed by atoms with Crippen molar-refractivity contribution in [2.75, 3.05) is 7.11 Å². The molecule has 1 aliphatic heterocycles. The van der Waals surface area contributed by atoms with Gasteiger partial charge < -0.3 is 15.0 Å². The highest BCUT2D eigenvalue weighted by Gasteiger charge is 2.46. The van der Waals surface area contributed by atoms with Gasteiger partial charge in [0.05, 0.1) is 7.11 Å². The number of rotatable bonds is 6. The molecule has 3 rings (SSSR count). The van der Waals surface area contributed by atoms with Crippen molar-refractivity contribution in [2.45, 2.75) is 38.4 Å². The molecule has 2 aromatic rings. The molecule has 1 heterocycles. The van der Waals surface area contributed by atoms with Crippen LogP contribution < -0.4 is 10.1 Å². The third kappa shape index (κ3) is 3.72. The van der Waals surface area contributed by atoms with Crippen LogP contribution in [0.15, 0.2) is 54.6 Å². The Bertz CT molecular complexity index is 774. The molecule has 1 fully saturated rings. The minimum absolute atomic E-state index is 0.0122. The number of nitrogens with zero attached hydrogens (tertiary/aromatic N) is 1. The number of benzene rings is 2. The van der Waals surface area contributed by atoms with E-state index in [1.54, 1.807) is 12.0 Å². The summed E-state index contributed by atoms with van der Waals surface area (Å²) in [5.74, 6) is 0.670. The van der Waals surface area contributed by atoms with E-state index >= 15 is 0 Å². The monoisotopic (exact) mass is 352 g/mol. The van der Waals surface area contributed by atoms with Crippen LogP contribution in [0.25, 0.3) is 0 Å². The Morgan fingerprint density at radius 1 is 1.12 bits per heavy atom. The van der Waals surface area contributed by atoms with E-state index in [2.05, 4.69) is 5.32 Å². The van der Waals surface area contributed by atoms with E-state index in [1.807, 2.05) is 61.5 Å². The number of carbonyl (C=O) groups excluding carboxylic acids is 2. The summed E-state index contributed by atoms with van der Waals surface area (Å²) in [7, 11) is 1.62. The third-order valence-electron chi connectivity index (χ3n) is 5.01. The van der Waals surface area contributed by atoms with Gasteiger partial charge >= 0.3 is 0 Å². The first-order valence-corrected chi connectivity index (χ1v) is 8.78. The van der Waals surface area contributed by atoms with Crippen LogP contribution in [0.3, 0.4) is 0 Å². The Morgan fingerprint density at radius 2 is 1.81 bits per heavy atom. The molecule has 26 heavy (non-hydrogen) atoms. The lowest BCUT2D eigenvalue weighted by molar-refractivity contribution is -0.141. The number of nitrogens with one attached hydrogen (secondary N) is 1. The van der Waals surface area contributed by atoms with Gasteiger partial charge in [-0.05, 0) is 36.6 Å². The summed E-state index contributed by atoms with van der Waals surface area (Å²) in [4.78, 5) is 27.0. The zero-order valence-electron chi connectivity index (χ0n) is 15.2. The average molecular weight is 352 g/mol. The first-order chi connectivity index (χ1) is 12.5. The van der Waals surface area contributed by atoms with Crippen molar-refractivity contribution in [2.24, 2.45) is 0 Å². The SMILES string of the molecule is COc1ccc(CN2C(=O)CCC2(C)C(=O)NCc2ccccc2)cc1. The second kappa shape index (κ2) is 7.60. The van der Waals surface area contributed by atoms with Crippen LogP contribution in [0.2, 0.25) is 0 Å². The maximum atomic E-state index is 12.9. The van der Waals surface area contributed by atoms with Gasteiger partial charge in [0, 0.05) is 19.5 Å². The zero-order valence-corrected chi connectivity index (χ0v) is 15.2. The summed E-state index contributed by atoms with van der Waals surface area (Å²) in [6.07, 6.45) is 0.925. The highest BCUT2D eigenvalue weighted by atomic mass is 16.5. The Morgan fingerprint density at radius 3 is 2.46 bits per heavy atom. The van der Waals surface area contributed by atoms with E-state index in [0.29, 0.717) is 25.9 Å². The van der Waals surface area contributed by atoms with Crippen molar-refractivity contribution in [3.05, 3.63) is 65.7 Å². The predicted molar refractivity (Wildman–Crippen MR) is 99.5 cm³/mol. The normalized spacial score (nSPS) is 19.5. The lowest BCUT2D eigenvalue weighted by Gasteiger charge is -2.34. The van der Waals surface area contributed by atoms with Gasteiger partial charge in [-0.2, -0.15) is 0 Å². The molecule has 136 valence electrons. The van der Waals surface area contributed by atoms with Gasteiger partial charge in [-0.1, -0.05) is 42.5 Å². The lowest BCUT2D eigenvalue weighted by atomic mass is 9.97. The summed E-state index contributed by atoms with van der Waals surface area (Å²) >= 11 is 0. The first kappa shape index (κ1) is 18.0. The fourth-order valence-electron chi connectivity index (χ4n) is 3.28. The van der Waals surface area contributed by atoms with E-state index in [4.69, 9.17) is 4.74 Å². The van der Waals surface area contributed by atoms with Crippen molar-refractivity contribution >= 4 is 11.8 Å². The van der Waals surface area contributed by atoms with Crippen molar-refractivity contribution < 1.29 is 14.3 Å². The summed E-state index contributed by atoms with van der Waals surface area (Å²) in [6, 6.07) is 17.3. The van der Waals surface area contributed by atoms with Gasteiger partial charge in [-0.15, -0.1) is 0 Å². The molecular formula is C21H24N2O3. The van der Waals surface area contributed by atoms with Crippen molar-refractivity contribution in [1.82, 2.24) is 10.2 Å². The molecule has 1 unspecified atom stereocenters. The molecule has 0 spiro atoms. The minimum atomic E-state index is -0.828. The smallest absolute Gasteiger partial charge is 0.245 e. The van der Waals surface area contributed by atoms with Crippen LogP contribution >= 0.6 is 0 Å². The standard InChI is InChI=1S/C21H24N2O3/c1-21(20(25)22-14-16-6-4-3-5-7-16)13-12-19(24)23(21)15-17-8-10-18(26-2)11-9-17/h3-11H,12-15H2,1-2H3,(H,22,25). The molecule has 0 radical (unpaired) electrons. The van der Waals surface area contributed by atoms with E-state index in [9.17, 15) is 9.59 Å². The number of hydrogen-bond acceptors (Lipinski definition) is 3. The maximum absolute atomic E-state index is 12.9. The number of likely N-dealkylation sites (tertiary alicyclic amines) is 1. The van der Waals surface area contributed by atoms with Crippen LogP contribution in [0.4, 0.5) is 0 Å². The van der Waals surface area contributed by atoms with Crippen molar-refractivity contribution in [1.29, 1.82) is 0 Å². The fourth-order valence-corrected chi connectivity index (χ4v) is 3.28. The molecule has 5 heteroatoms. The van der Waals surface area contributed by atoms with Crippen LogP contribution in [-0.2, 0) is 22.7 Å². The number of amides is 2. The molecule has 2 amide bonds. The molecule has 0 aromatic heterocycles. The van der Waals surface area contributed by atoms with E-state index in [1.165, 1.54) is 0 Å². The van der Waals surface area contributed by atoms with Gasteiger partial charge in [0.2, 0.25) is 11.8 Å². The molecule has 0 saturated carbocycles. The summed E-state index contributed by atoms with van der Waals surface area (Å²) < 4.78 is 5.17. The Kier molecular flexibility index (Phi) is 5.26. The topological polar surface area (TPSA) is 58.6 Å². The molecule has 0 aliphatic carbocycles. The fraction of sp³-hybridized carbons (Fsp3) is 0.333. The number of methoxy groups -OCH3 is 1. The van der Waals surface area contributed by atoms with Gasteiger partial charge in [0.15, 0.2) is 0 Å². The second-order valence-electron chi connectivity index (χ2n) is 6.77. The van der Waals surface area contributed by atoms with Gasteiger partial charge in [0.1, 0.15) is 11.3 Å². The first-order valence-electron chi connectivity index (χ1n) is 8.78. The van der Waals surface area contributed by atoms with Gasteiger partial charge in [-0.3, -0.25) is 9.59 Å². The summed E-state index contributed by atoms with van der Waals surface area (Å²) in [5, 5.41) is 2.98. The van der Waals surface area contributed by atoms with Crippen LogP contribution in [0.1, 0.15) is 30.9 Å². The molecule has 0 bridgehead atoms. The maximum Gasteiger partial charge on any atom is 0.245 e. The molecular weight excluding hydrogens is 328 g/mol. The third-order valence-corrected chi connectivity index (χ3v) is 5.01. The molecule has 1 aliphatic rings. The van der Waals surface area contributed by atoms with Gasteiger partial charge in [-0.25, -0.2) is 0 Å². The Hall–Kier alpha value is -2.82. The molecule has 1 saturated heterocycles. The largest absolute Gasteiger partial charge is 0.497 e. The van der Waals surface area contributed by atoms with E-state index in [-0.39, 0.29) is 11.8 Å². The lowest BCUT2D eigenvalue weighted by Crippen LogP contribution is -2.53. The Balaban J connectivity index is 1.70. The van der Waals surface area contributed by atoms with Crippen LogP contribution in [0, 0.1) is 0 Å². The highest BCUT2D eigenvalue weighted by molar-refractivity contribution is 5.94. The van der Waals surface area contributed by atoms with Crippen molar-refractivity contribution in [3.63, 3.8) is 0 Å². The summed E-state index contributed by atoms with van der Waals surface area (Å²) in [6.45, 7) is 2.72. The highest BCUT2D eigenvalue weighted by Crippen LogP contribution is 2.32.